The quantitative estimate of drug-likeness (QED) is 0.646. The Bertz CT molecular complexity index is 299. The summed E-state index contributed by atoms with van der Waals surface area (Å²) < 4.78 is 0. The molecule has 2 heteroatoms. The van der Waals surface area contributed by atoms with E-state index in [0.717, 1.165) is 17.8 Å². The Labute approximate surface area is 79.0 Å². The van der Waals surface area contributed by atoms with E-state index >= 15 is 0 Å². The first-order chi connectivity index (χ1) is 6.38. The molecule has 0 radical (unpaired) electrons. The highest BCUT2D eigenvalue weighted by molar-refractivity contribution is 6.08. The Kier molecular flexibility index (Phi) is 3.89. The minimum atomic E-state index is 0.800. The third-order valence-electron chi connectivity index (χ3n) is 1.61. The van der Waals surface area contributed by atoms with Gasteiger partial charge in [-0.05, 0) is 32.1 Å². The van der Waals surface area contributed by atoms with E-state index in [9.17, 15) is 0 Å². The molecule has 0 aliphatic rings. The van der Waals surface area contributed by atoms with Crippen molar-refractivity contribution in [3.63, 3.8) is 0 Å². The van der Waals surface area contributed by atoms with Gasteiger partial charge in [0.1, 0.15) is 0 Å². The van der Waals surface area contributed by atoms with E-state index in [1.807, 2.05) is 44.3 Å². The van der Waals surface area contributed by atoms with Gasteiger partial charge < -0.3 is 0 Å². The molecule has 0 N–H and O–H groups in total. The van der Waals surface area contributed by atoms with Gasteiger partial charge in [-0.2, -0.15) is 0 Å². The van der Waals surface area contributed by atoms with Gasteiger partial charge in [0.2, 0.25) is 0 Å². The number of aliphatic imine (C=N–C) groups is 1. The van der Waals surface area contributed by atoms with E-state index in [0.29, 0.717) is 0 Å². The summed E-state index contributed by atoms with van der Waals surface area (Å²) in [6, 6.07) is 3.94. The predicted octanol–water partition coefficient (Wildman–Crippen LogP) is 2.47. The third kappa shape index (κ3) is 2.82. The topological polar surface area (TPSA) is 25.2 Å². The van der Waals surface area contributed by atoms with Gasteiger partial charge in [-0.3, -0.25) is 9.98 Å². The second-order valence-electron chi connectivity index (χ2n) is 2.60. The summed E-state index contributed by atoms with van der Waals surface area (Å²) in [4.78, 5) is 8.43. The number of rotatable bonds is 3. The summed E-state index contributed by atoms with van der Waals surface area (Å²) >= 11 is 0. The van der Waals surface area contributed by atoms with Gasteiger partial charge >= 0.3 is 0 Å². The van der Waals surface area contributed by atoms with Crippen LogP contribution >= 0.6 is 0 Å². The van der Waals surface area contributed by atoms with Crippen LogP contribution < -0.4 is 0 Å². The molecule has 1 heterocycles. The van der Waals surface area contributed by atoms with Crippen molar-refractivity contribution in [2.45, 2.75) is 13.8 Å². The van der Waals surface area contributed by atoms with E-state index in [-0.39, 0.29) is 0 Å². The molecule has 0 amide bonds. The summed E-state index contributed by atoms with van der Waals surface area (Å²) in [5.41, 5.74) is 2.07. The molecule has 1 aromatic rings. The maximum atomic E-state index is 4.37. The highest BCUT2D eigenvalue weighted by atomic mass is 14.7. The molecule has 68 valence electrons. The molecule has 0 unspecified atom stereocenters. The Morgan fingerprint density at radius 3 is 3.00 bits per heavy atom. The van der Waals surface area contributed by atoms with E-state index in [1.54, 1.807) is 6.20 Å². The minimum absolute atomic E-state index is 0.800. The minimum Gasteiger partial charge on any atom is -0.285 e. The largest absolute Gasteiger partial charge is 0.285 e. The van der Waals surface area contributed by atoms with Crippen molar-refractivity contribution in [2.24, 2.45) is 4.99 Å². The number of hydrogen-bond acceptors (Lipinski definition) is 2. The SMILES string of the molecule is CC=CC(=NCC)c1cccnc1. The lowest BCUT2D eigenvalue weighted by atomic mass is 10.1. The van der Waals surface area contributed by atoms with Crippen molar-refractivity contribution >= 4 is 5.71 Å². The van der Waals surface area contributed by atoms with Crippen LogP contribution in [0.15, 0.2) is 41.7 Å². The molecule has 0 aliphatic heterocycles. The standard InChI is InChI=1S/C11H14N2/c1-3-6-11(13-4-2)10-7-5-8-12-9-10/h3,5-9H,4H2,1-2H3. The second-order valence-corrected chi connectivity index (χ2v) is 2.60. The van der Waals surface area contributed by atoms with Gasteiger partial charge in [0.05, 0.1) is 5.71 Å². The second kappa shape index (κ2) is 5.25. The van der Waals surface area contributed by atoms with E-state index in [2.05, 4.69) is 9.98 Å². The van der Waals surface area contributed by atoms with Crippen molar-refractivity contribution in [1.29, 1.82) is 0 Å². The molecule has 2 nitrogen and oxygen atoms in total. The molecule has 0 aromatic carbocycles. The van der Waals surface area contributed by atoms with Crippen molar-refractivity contribution in [3.05, 3.63) is 42.2 Å². The molecular weight excluding hydrogens is 160 g/mol. The Morgan fingerprint density at radius 1 is 1.62 bits per heavy atom. The molecule has 0 atom stereocenters. The molecule has 0 spiro atoms. The molecule has 0 aliphatic carbocycles. The molecule has 0 saturated heterocycles. The van der Waals surface area contributed by atoms with Crippen molar-refractivity contribution in [2.75, 3.05) is 6.54 Å². The van der Waals surface area contributed by atoms with Crippen LogP contribution in [0.25, 0.3) is 0 Å². The highest BCUT2D eigenvalue weighted by Gasteiger charge is 1.96. The first kappa shape index (κ1) is 9.65. The lowest BCUT2D eigenvalue weighted by Crippen LogP contribution is -1.97. The molecular formula is C11H14N2. The van der Waals surface area contributed by atoms with E-state index < -0.39 is 0 Å². The number of hydrogen-bond donors (Lipinski definition) is 0. The zero-order valence-corrected chi connectivity index (χ0v) is 8.07. The van der Waals surface area contributed by atoms with Gasteiger partial charge in [-0.15, -0.1) is 0 Å². The molecule has 1 rings (SSSR count). The van der Waals surface area contributed by atoms with Crippen LogP contribution in [0.1, 0.15) is 19.4 Å². The third-order valence-corrected chi connectivity index (χ3v) is 1.61. The maximum absolute atomic E-state index is 4.37. The van der Waals surface area contributed by atoms with Gasteiger partial charge in [-0.25, -0.2) is 0 Å². The van der Waals surface area contributed by atoms with Gasteiger partial charge in [0.25, 0.3) is 0 Å². The average Bonchev–Trinajstić information content (AvgIpc) is 2.19. The molecule has 0 saturated carbocycles. The zero-order valence-electron chi connectivity index (χ0n) is 8.07. The van der Waals surface area contributed by atoms with Crippen molar-refractivity contribution < 1.29 is 0 Å². The van der Waals surface area contributed by atoms with Crippen molar-refractivity contribution in [3.8, 4) is 0 Å². The summed E-state index contributed by atoms with van der Waals surface area (Å²) in [5, 5.41) is 0. The predicted molar refractivity (Wildman–Crippen MR) is 56.1 cm³/mol. The number of nitrogens with zero attached hydrogens (tertiary/aromatic N) is 2. The van der Waals surface area contributed by atoms with Crippen LogP contribution in [0.3, 0.4) is 0 Å². The fourth-order valence-electron chi connectivity index (χ4n) is 1.08. The van der Waals surface area contributed by atoms with Gasteiger partial charge in [0.15, 0.2) is 0 Å². The van der Waals surface area contributed by atoms with E-state index in [4.69, 9.17) is 0 Å². The lowest BCUT2D eigenvalue weighted by molar-refractivity contribution is 1.13. The normalized spacial score (nSPS) is 12.3. The fraction of sp³-hybridized carbons (Fsp3) is 0.273. The van der Waals surface area contributed by atoms with Crippen molar-refractivity contribution in [1.82, 2.24) is 4.98 Å². The fourth-order valence-corrected chi connectivity index (χ4v) is 1.08. The van der Waals surface area contributed by atoms with Crippen LogP contribution in [0.4, 0.5) is 0 Å². The Morgan fingerprint density at radius 2 is 2.46 bits per heavy atom. The highest BCUT2D eigenvalue weighted by Crippen LogP contribution is 2.00. The Balaban J connectivity index is 2.96. The molecule has 13 heavy (non-hydrogen) atoms. The number of aromatic nitrogens is 1. The first-order valence-corrected chi connectivity index (χ1v) is 4.46. The molecule has 1 aromatic heterocycles. The summed E-state index contributed by atoms with van der Waals surface area (Å²) in [5.74, 6) is 0. The first-order valence-electron chi connectivity index (χ1n) is 4.46. The van der Waals surface area contributed by atoms with Crippen LogP contribution in [0.2, 0.25) is 0 Å². The van der Waals surface area contributed by atoms with Crippen LogP contribution in [-0.4, -0.2) is 17.2 Å². The van der Waals surface area contributed by atoms with E-state index in [1.165, 1.54) is 0 Å². The summed E-state index contributed by atoms with van der Waals surface area (Å²) in [7, 11) is 0. The smallest absolute Gasteiger partial charge is 0.0658 e. The molecule has 0 bridgehead atoms. The molecule has 0 fully saturated rings. The van der Waals surface area contributed by atoms with Gasteiger partial charge in [-0.1, -0.05) is 6.08 Å². The zero-order chi connectivity index (χ0) is 9.52. The van der Waals surface area contributed by atoms with Gasteiger partial charge in [0, 0.05) is 24.5 Å². The Hall–Kier alpha value is -1.44. The number of pyridine rings is 1. The van der Waals surface area contributed by atoms with Crippen LogP contribution in [0, 0.1) is 0 Å². The van der Waals surface area contributed by atoms with Crippen LogP contribution in [-0.2, 0) is 0 Å². The average molecular weight is 174 g/mol. The monoisotopic (exact) mass is 174 g/mol. The maximum Gasteiger partial charge on any atom is 0.0658 e. The summed E-state index contributed by atoms with van der Waals surface area (Å²) in [6.07, 6.45) is 7.58. The summed E-state index contributed by atoms with van der Waals surface area (Å²) in [6.45, 7) is 4.82. The lowest BCUT2D eigenvalue weighted by Gasteiger charge is -1.99. The van der Waals surface area contributed by atoms with Crippen LogP contribution in [0.5, 0.6) is 0 Å². The number of allylic oxidation sites excluding steroid dienone is 2.